The second-order valence-electron chi connectivity index (χ2n) is 6.08. The van der Waals surface area contributed by atoms with Gasteiger partial charge in [0.15, 0.2) is 0 Å². The van der Waals surface area contributed by atoms with Crippen LogP contribution >= 0.6 is 0 Å². The molecule has 0 bridgehead atoms. The first-order chi connectivity index (χ1) is 8.83. The van der Waals surface area contributed by atoms with E-state index in [1.807, 2.05) is 0 Å². The van der Waals surface area contributed by atoms with Crippen LogP contribution in [0.5, 0.6) is 0 Å². The van der Waals surface area contributed by atoms with Crippen molar-refractivity contribution in [3.05, 3.63) is 0 Å². The lowest BCUT2D eigenvalue weighted by Gasteiger charge is -2.27. The van der Waals surface area contributed by atoms with Crippen LogP contribution in [-0.2, 0) is 0 Å². The van der Waals surface area contributed by atoms with E-state index in [4.69, 9.17) is 0 Å². The van der Waals surface area contributed by atoms with E-state index < -0.39 is 0 Å². The van der Waals surface area contributed by atoms with Crippen LogP contribution < -0.4 is 5.32 Å². The van der Waals surface area contributed by atoms with Crippen LogP contribution in [0.4, 0.5) is 0 Å². The summed E-state index contributed by atoms with van der Waals surface area (Å²) in [5.74, 6) is 0.945. The summed E-state index contributed by atoms with van der Waals surface area (Å²) >= 11 is 0. The van der Waals surface area contributed by atoms with Crippen LogP contribution in [0.25, 0.3) is 0 Å². The highest BCUT2D eigenvalue weighted by Crippen LogP contribution is 2.13. The van der Waals surface area contributed by atoms with Gasteiger partial charge in [-0.15, -0.1) is 0 Å². The molecule has 0 aliphatic carbocycles. The zero-order valence-corrected chi connectivity index (χ0v) is 12.7. The molecule has 0 unspecified atom stereocenters. The highest BCUT2D eigenvalue weighted by atomic mass is 15.1. The molecule has 1 aliphatic rings. The van der Waals surface area contributed by atoms with Gasteiger partial charge in [-0.3, -0.25) is 0 Å². The van der Waals surface area contributed by atoms with Gasteiger partial charge in [0.1, 0.15) is 0 Å². The van der Waals surface area contributed by atoms with E-state index >= 15 is 0 Å². The summed E-state index contributed by atoms with van der Waals surface area (Å²) in [6.07, 6.45) is 12.7. The molecule has 0 radical (unpaired) electrons. The molecule has 1 saturated heterocycles. The van der Waals surface area contributed by atoms with E-state index in [1.165, 1.54) is 84.0 Å². The molecule has 0 atom stereocenters. The fourth-order valence-electron chi connectivity index (χ4n) is 2.94. The number of nitrogens with one attached hydrogen (secondary N) is 1. The Hall–Kier alpha value is -0.0800. The van der Waals surface area contributed by atoms with Gasteiger partial charge in [0.05, 0.1) is 0 Å². The molecule has 108 valence electrons. The molecule has 2 heteroatoms. The number of rotatable bonds is 10. The highest BCUT2D eigenvalue weighted by molar-refractivity contribution is 4.71. The predicted octanol–water partition coefficient (Wildman–Crippen LogP) is 3.67. The summed E-state index contributed by atoms with van der Waals surface area (Å²) < 4.78 is 0. The standard InChI is InChI=1S/C16H34N2/c1-3-4-5-6-7-8-9-14-18(2)15-16-10-12-17-13-11-16/h16-17H,3-15H2,1-2H3. The minimum Gasteiger partial charge on any atom is -0.317 e. The first-order valence-corrected chi connectivity index (χ1v) is 8.22. The van der Waals surface area contributed by atoms with Crippen LogP contribution in [0.3, 0.4) is 0 Å². The van der Waals surface area contributed by atoms with Crippen LogP contribution in [0, 0.1) is 5.92 Å². The Balaban J connectivity index is 1.88. The Bertz CT molecular complexity index is 176. The van der Waals surface area contributed by atoms with Crippen LogP contribution in [0.2, 0.25) is 0 Å². The Morgan fingerprint density at radius 2 is 1.56 bits per heavy atom. The molecule has 0 aromatic rings. The van der Waals surface area contributed by atoms with Crippen molar-refractivity contribution in [2.75, 3.05) is 33.2 Å². The van der Waals surface area contributed by atoms with Crippen molar-refractivity contribution in [3.63, 3.8) is 0 Å². The third-order valence-corrected chi connectivity index (χ3v) is 4.17. The molecular weight excluding hydrogens is 220 g/mol. The topological polar surface area (TPSA) is 15.3 Å². The van der Waals surface area contributed by atoms with E-state index in [0.29, 0.717) is 0 Å². The monoisotopic (exact) mass is 254 g/mol. The molecule has 1 N–H and O–H groups in total. The maximum atomic E-state index is 3.45. The lowest BCUT2D eigenvalue weighted by molar-refractivity contribution is 0.236. The predicted molar refractivity (Wildman–Crippen MR) is 81.1 cm³/mol. The second-order valence-corrected chi connectivity index (χ2v) is 6.08. The molecule has 0 spiro atoms. The Morgan fingerprint density at radius 3 is 2.22 bits per heavy atom. The molecule has 18 heavy (non-hydrogen) atoms. The summed E-state index contributed by atoms with van der Waals surface area (Å²) in [5.41, 5.74) is 0. The lowest BCUT2D eigenvalue weighted by Crippen LogP contribution is -2.34. The molecule has 0 aromatic heterocycles. The van der Waals surface area contributed by atoms with Gasteiger partial charge in [-0.25, -0.2) is 0 Å². The second kappa shape index (κ2) is 10.8. The minimum absolute atomic E-state index is 0.945. The van der Waals surface area contributed by atoms with Gasteiger partial charge in [-0.2, -0.15) is 0 Å². The quantitative estimate of drug-likeness (QED) is 0.598. The zero-order chi connectivity index (χ0) is 13.1. The largest absolute Gasteiger partial charge is 0.317 e. The minimum atomic E-state index is 0.945. The number of hydrogen-bond acceptors (Lipinski definition) is 2. The Morgan fingerprint density at radius 1 is 0.944 bits per heavy atom. The fourth-order valence-corrected chi connectivity index (χ4v) is 2.94. The van der Waals surface area contributed by atoms with Gasteiger partial charge < -0.3 is 10.2 Å². The summed E-state index contributed by atoms with van der Waals surface area (Å²) in [7, 11) is 2.30. The third kappa shape index (κ3) is 8.10. The third-order valence-electron chi connectivity index (χ3n) is 4.17. The van der Waals surface area contributed by atoms with E-state index in [-0.39, 0.29) is 0 Å². The van der Waals surface area contributed by atoms with Gasteiger partial charge in [-0.1, -0.05) is 45.4 Å². The molecular formula is C16H34N2. The van der Waals surface area contributed by atoms with Gasteiger partial charge >= 0.3 is 0 Å². The first-order valence-electron chi connectivity index (χ1n) is 8.22. The zero-order valence-electron chi connectivity index (χ0n) is 12.7. The normalized spacial score (nSPS) is 17.5. The summed E-state index contributed by atoms with van der Waals surface area (Å²) in [4.78, 5) is 2.56. The highest BCUT2D eigenvalue weighted by Gasteiger charge is 2.14. The average Bonchev–Trinajstić information content (AvgIpc) is 2.39. The smallest absolute Gasteiger partial charge is 0.000755 e. The molecule has 0 amide bonds. The van der Waals surface area contributed by atoms with Gasteiger partial charge in [0.25, 0.3) is 0 Å². The van der Waals surface area contributed by atoms with Crippen LogP contribution in [0.15, 0.2) is 0 Å². The number of piperidine rings is 1. The molecule has 1 rings (SSSR count). The van der Waals surface area contributed by atoms with Crippen molar-refractivity contribution < 1.29 is 0 Å². The summed E-state index contributed by atoms with van der Waals surface area (Å²) in [6.45, 7) is 7.37. The van der Waals surface area contributed by atoms with E-state index in [2.05, 4.69) is 24.2 Å². The Labute approximate surface area is 115 Å². The molecule has 0 aromatic carbocycles. The average molecular weight is 254 g/mol. The van der Waals surface area contributed by atoms with Crippen LogP contribution in [-0.4, -0.2) is 38.1 Å². The van der Waals surface area contributed by atoms with E-state index in [9.17, 15) is 0 Å². The van der Waals surface area contributed by atoms with Crippen molar-refractivity contribution in [2.24, 2.45) is 5.92 Å². The molecule has 1 fully saturated rings. The molecule has 1 heterocycles. The molecule has 2 nitrogen and oxygen atoms in total. The number of unbranched alkanes of at least 4 members (excludes halogenated alkanes) is 6. The maximum Gasteiger partial charge on any atom is 0.000755 e. The summed E-state index contributed by atoms with van der Waals surface area (Å²) in [6, 6.07) is 0. The lowest BCUT2D eigenvalue weighted by atomic mass is 9.97. The SMILES string of the molecule is CCCCCCCCCN(C)CC1CCNCC1. The molecule has 0 saturated carbocycles. The van der Waals surface area contributed by atoms with Crippen molar-refractivity contribution in [1.29, 1.82) is 0 Å². The van der Waals surface area contributed by atoms with Gasteiger partial charge in [0.2, 0.25) is 0 Å². The number of hydrogen-bond donors (Lipinski definition) is 1. The van der Waals surface area contributed by atoms with Crippen molar-refractivity contribution in [1.82, 2.24) is 10.2 Å². The van der Waals surface area contributed by atoms with Crippen molar-refractivity contribution in [3.8, 4) is 0 Å². The van der Waals surface area contributed by atoms with E-state index in [1.54, 1.807) is 0 Å². The fraction of sp³-hybridized carbons (Fsp3) is 1.00. The van der Waals surface area contributed by atoms with Gasteiger partial charge in [-0.05, 0) is 51.9 Å². The summed E-state index contributed by atoms with van der Waals surface area (Å²) in [5, 5.41) is 3.45. The van der Waals surface area contributed by atoms with Crippen molar-refractivity contribution in [2.45, 2.75) is 64.7 Å². The first kappa shape index (κ1) is 16.0. The Kier molecular flexibility index (Phi) is 9.59. The number of nitrogens with zero attached hydrogens (tertiary/aromatic N) is 1. The van der Waals surface area contributed by atoms with E-state index in [0.717, 1.165) is 5.92 Å². The van der Waals surface area contributed by atoms with Gasteiger partial charge in [0, 0.05) is 6.54 Å². The van der Waals surface area contributed by atoms with Crippen molar-refractivity contribution >= 4 is 0 Å². The maximum absolute atomic E-state index is 3.45. The van der Waals surface area contributed by atoms with Crippen LogP contribution in [0.1, 0.15) is 64.7 Å². The molecule has 1 aliphatic heterocycles.